The molecule has 3 atom stereocenters. The molecule has 2 fully saturated rings. The van der Waals surface area contributed by atoms with Gasteiger partial charge in [0.25, 0.3) is 0 Å². The average molecular weight is 278 g/mol. The van der Waals surface area contributed by atoms with E-state index >= 15 is 0 Å². The molecule has 3 aliphatic rings. The lowest BCUT2D eigenvalue weighted by atomic mass is 9.52. The fraction of sp³-hybridized carbons (Fsp3) is 0.824. The maximum absolute atomic E-state index is 12.2. The van der Waals surface area contributed by atoms with Crippen LogP contribution in [-0.2, 0) is 4.79 Å². The van der Waals surface area contributed by atoms with Crippen molar-refractivity contribution >= 4 is 5.97 Å². The van der Waals surface area contributed by atoms with Crippen LogP contribution in [0.4, 0.5) is 0 Å². The summed E-state index contributed by atoms with van der Waals surface area (Å²) in [5.74, 6) is 0.417. The lowest BCUT2D eigenvalue weighted by molar-refractivity contribution is -0.163. The molecule has 20 heavy (non-hydrogen) atoms. The van der Waals surface area contributed by atoms with E-state index in [4.69, 9.17) is 0 Å². The number of carbonyl (C=O) groups is 1. The molecule has 0 aromatic heterocycles. The second kappa shape index (κ2) is 4.59. The summed E-state index contributed by atoms with van der Waals surface area (Å²) in [5.41, 5.74) is -0.767. The van der Waals surface area contributed by atoms with Crippen LogP contribution in [0.1, 0.15) is 52.4 Å². The highest BCUT2D eigenvalue weighted by Gasteiger charge is 2.67. The maximum Gasteiger partial charge on any atom is 0.310 e. The zero-order valence-corrected chi connectivity index (χ0v) is 12.5. The van der Waals surface area contributed by atoms with Gasteiger partial charge in [0, 0.05) is 5.41 Å². The Bertz CT molecular complexity index is 434. The third-order valence-electron chi connectivity index (χ3n) is 6.47. The minimum absolute atomic E-state index is 0.154. The summed E-state index contributed by atoms with van der Waals surface area (Å²) in [7, 11) is 0. The molecule has 3 heteroatoms. The van der Waals surface area contributed by atoms with Gasteiger partial charge in [0.1, 0.15) is 0 Å². The lowest BCUT2D eigenvalue weighted by Crippen LogP contribution is -2.51. The average Bonchev–Trinajstić information content (AvgIpc) is 2.96. The Balaban J connectivity index is 2.00. The van der Waals surface area contributed by atoms with Crippen LogP contribution in [0.2, 0.25) is 0 Å². The summed E-state index contributed by atoms with van der Waals surface area (Å²) in [6.07, 6.45) is 9.75. The second-order valence-corrected chi connectivity index (χ2v) is 7.50. The molecule has 2 N–H and O–H groups in total. The van der Waals surface area contributed by atoms with Gasteiger partial charge in [-0.2, -0.15) is 0 Å². The summed E-state index contributed by atoms with van der Waals surface area (Å²) in [6.45, 7) is 4.14. The molecule has 2 saturated carbocycles. The molecule has 3 rings (SSSR count). The van der Waals surface area contributed by atoms with Crippen molar-refractivity contribution in [2.45, 2.75) is 58.5 Å². The zero-order chi connectivity index (χ0) is 14.5. The van der Waals surface area contributed by atoms with Crippen LogP contribution in [0.3, 0.4) is 0 Å². The van der Waals surface area contributed by atoms with E-state index in [0.29, 0.717) is 11.8 Å². The topological polar surface area (TPSA) is 57.5 Å². The Hall–Kier alpha value is -0.830. The number of allylic oxidation sites excluding steroid dienone is 2. The number of rotatable bonds is 3. The maximum atomic E-state index is 12.2. The fourth-order valence-corrected chi connectivity index (χ4v) is 5.52. The number of hydrogen-bond donors (Lipinski definition) is 2. The smallest absolute Gasteiger partial charge is 0.310 e. The first-order valence-corrected chi connectivity index (χ1v) is 8.03. The van der Waals surface area contributed by atoms with Crippen LogP contribution < -0.4 is 0 Å². The molecule has 112 valence electrons. The quantitative estimate of drug-likeness (QED) is 0.779. The number of aliphatic hydroxyl groups is 1. The first-order chi connectivity index (χ1) is 9.42. The van der Waals surface area contributed by atoms with E-state index < -0.39 is 11.4 Å². The molecule has 0 aliphatic heterocycles. The molecule has 2 bridgehead atoms. The highest BCUT2D eigenvalue weighted by molar-refractivity contribution is 5.78. The van der Waals surface area contributed by atoms with Crippen molar-refractivity contribution in [2.75, 3.05) is 0 Å². The fourth-order valence-electron chi connectivity index (χ4n) is 5.52. The highest BCUT2D eigenvalue weighted by Crippen LogP contribution is 2.68. The molecule has 0 radical (unpaired) electrons. The standard InChI is InChI=1S/C17H26O3/c1-11(2)17(15(19)20)10-12-7-8-16(17,9-12)13-3-5-14(18)6-4-13/h7-8,11-14,18H,3-6,9-10H2,1-2H3,(H,19,20). The number of aliphatic carboxylic acids is 1. The van der Waals surface area contributed by atoms with Gasteiger partial charge in [0.15, 0.2) is 0 Å². The van der Waals surface area contributed by atoms with E-state index in [-0.39, 0.29) is 17.4 Å². The monoisotopic (exact) mass is 278 g/mol. The van der Waals surface area contributed by atoms with Gasteiger partial charge >= 0.3 is 5.97 Å². The first-order valence-electron chi connectivity index (χ1n) is 8.03. The number of carboxylic acid groups (broad SMARTS) is 1. The predicted molar refractivity (Wildman–Crippen MR) is 77.2 cm³/mol. The summed E-state index contributed by atoms with van der Waals surface area (Å²) in [4.78, 5) is 12.2. The predicted octanol–water partition coefficient (Wildman–Crippen LogP) is 3.23. The van der Waals surface area contributed by atoms with Crippen LogP contribution in [0.5, 0.6) is 0 Å². The Morgan fingerprint density at radius 2 is 1.85 bits per heavy atom. The van der Waals surface area contributed by atoms with Gasteiger partial charge in [-0.1, -0.05) is 26.0 Å². The third-order valence-corrected chi connectivity index (χ3v) is 6.47. The van der Waals surface area contributed by atoms with Gasteiger partial charge in [-0.25, -0.2) is 0 Å². The molecule has 0 heterocycles. The molecule has 0 saturated heterocycles. The van der Waals surface area contributed by atoms with Gasteiger partial charge in [-0.3, -0.25) is 4.79 Å². The van der Waals surface area contributed by atoms with Crippen LogP contribution in [0.15, 0.2) is 12.2 Å². The molecule has 0 spiro atoms. The van der Waals surface area contributed by atoms with E-state index in [1.165, 1.54) is 0 Å². The Morgan fingerprint density at radius 3 is 2.35 bits per heavy atom. The number of aliphatic hydroxyl groups excluding tert-OH is 1. The minimum Gasteiger partial charge on any atom is -0.481 e. The van der Waals surface area contributed by atoms with Crippen LogP contribution >= 0.6 is 0 Å². The Kier molecular flexibility index (Phi) is 3.24. The van der Waals surface area contributed by atoms with Crippen molar-refractivity contribution in [1.29, 1.82) is 0 Å². The van der Waals surface area contributed by atoms with Crippen LogP contribution in [-0.4, -0.2) is 22.3 Å². The Labute approximate surface area is 121 Å². The highest BCUT2D eigenvalue weighted by atomic mass is 16.4. The summed E-state index contributed by atoms with van der Waals surface area (Å²) in [5, 5.41) is 19.8. The SMILES string of the molecule is CC(C)C1(C(=O)O)CC2C=CC1(C1CCC(O)CC1)C2. The van der Waals surface area contributed by atoms with Crippen molar-refractivity contribution in [1.82, 2.24) is 0 Å². The van der Waals surface area contributed by atoms with E-state index in [0.717, 1.165) is 38.5 Å². The minimum atomic E-state index is -0.606. The number of hydrogen-bond acceptors (Lipinski definition) is 2. The summed E-state index contributed by atoms with van der Waals surface area (Å²) >= 11 is 0. The van der Waals surface area contributed by atoms with Crippen molar-refractivity contribution in [3.63, 3.8) is 0 Å². The van der Waals surface area contributed by atoms with Crippen LogP contribution in [0, 0.1) is 28.6 Å². The largest absolute Gasteiger partial charge is 0.481 e. The van der Waals surface area contributed by atoms with Crippen molar-refractivity contribution < 1.29 is 15.0 Å². The molecule has 3 aliphatic carbocycles. The number of fused-ring (bicyclic) bond motifs is 2. The second-order valence-electron chi connectivity index (χ2n) is 7.50. The van der Waals surface area contributed by atoms with E-state index in [9.17, 15) is 15.0 Å². The Morgan fingerprint density at radius 1 is 1.20 bits per heavy atom. The van der Waals surface area contributed by atoms with Gasteiger partial charge in [0.05, 0.1) is 11.5 Å². The van der Waals surface area contributed by atoms with Crippen molar-refractivity contribution in [3.05, 3.63) is 12.2 Å². The molecule has 3 unspecified atom stereocenters. The van der Waals surface area contributed by atoms with Gasteiger partial charge in [0.2, 0.25) is 0 Å². The summed E-state index contributed by atoms with van der Waals surface area (Å²) < 4.78 is 0. The lowest BCUT2D eigenvalue weighted by Gasteiger charge is -2.50. The van der Waals surface area contributed by atoms with E-state index in [1.54, 1.807) is 0 Å². The van der Waals surface area contributed by atoms with Crippen molar-refractivity contribution in [2.24, 2.45) is 28.6 Å². The molecule has 0 aromatic rings. The molecule has 3 nitrogen and oxygen atoms in total. The molecule has 0 amide bonds. The van der Waals surface area contributed by atoms with Crippen LogP contribution in [0.25, 0.3) is 0 Å². The van der Waals surface area contributed by atoms with E-state index in [1.807, 2.05) is 0 Å². The first kappa shape index (κ1) is 14.1. The van der Waals surface area contributed by atoms with Gasteiger partial charge in [-0.05, 0) is 56.3 Å². The molecule has 0 aromatic carbocycles. The number of carboxylic acids is 1. The summed E-state index contributed by atoms with van der Waals surface area (Å²) in [6, 6.07) is 0. The normalized spacial score (nSPS) is 47.1. The molecular formula is C17H26O3. The van der Waals surface area contributed by atoms with Gasteiger partial charge < -0.3 is 10.2 Å². The van der Waals surface area contributed by atoms with Crippen molar-refractivity contribution in [3.8, 4) is 0 Å². The zero-order valence-electron chi connectivity index (χ0n) is 12.5. The van der Waals surface area contributed by atoms with E-state index in [2.05, 4.69) is 26.0 Å². The molecular weight excluding hydrogens is 252 g/mol. The third kappa shape index (κ3) is 1.65. The van der Waals surface area contributed by atoms with Gasteiger partial charge in [-0.15, -0.1) is 0 Å².